The van der Waals surface area contributed by atoms with Crippen molar-refractivity contribution in [1.29, 1.82) is 5.26 Å². The Morgan fingerprint density at radius 2 is 2.38 bits per heavy atom. The van der Waals surface area contributed by atoms with Crippen molar-refractivity contribution in [2.45, 2.75) is 25.7 Å². The molecule has 0 atom stereocenters. The second-order valence-electron chi connectivity index (χ2n) is 4.12. The molecule has 1 aliphatic carbocycles. The highest BCUT2D eigenvalue weighted by molar-refractivity contribution is 5.59. The highest BCUT2D eigenvalue weighted by atomic mass is 16.5. The molecule has 0 bridgehead atoms. The second-order valence-corrected chi connectivity index (χ2v) is 4.12. The molecule has 16 heavy (non-hydrogen) atoms. The minimum atomic E-state index is 0.346. The molecule has 0 unspecified atom stereocenters. The van der Waals surface area contributed by atoms with Crippen molar-refractivity contribution in [3.8, 4) is 11.9 Å². The lowest BCUT2D eigenvalue weighted by atomic mass is 9.83. The average Bonchev–Trinajstić information content (AvgIpc) is 2.24. The van der Waals surface area contributed by atoms with Crippen molar-refractivity contribution in [3.05, 3.63) is 17.8 Å². The van der Waals surface area contributed by atoms with Gasteiger partial charge in [-0.05, 0) is 18.4 Å². The van der Waals surface area contributed by atoms with E-state index in [1.807, 2.05) is 6.07 Å². The molecule has 1 fully saturated rings. The van der Waals surface area contributed by atoms with Gasteiger partial charge in [0.25, 0.3) is 0 Å². The van der Waals surface area contributed by atoms with E-state index in [2.05, 4.69) is 4.98 Å². The number of hydrogen-bond donors (Lipinski definition) is 1. The van der Waals surface area contributed by atoms with Crippen LogP contribution in [0.2, 0.25) is 0 Å². The maximum absolute atomic E-state index is 8.79. The van der Waals surface area contributed by atoms with E-state index in [0.29, 0.717) is 23.7 Å². The number of anilines is 1. The Balaban J connectivity index is 1.90. The summed E-state index contributed by atoms with van der Waals surface area (Å²) in [5.41, 5.74) is 6.52. The number of pyridine rings is 1. The van der Waals surface area contributed by atoms with Gasteiger partial charge < -0.3 is 10.5 Å². The number of nitriles is 1. The van der Waals surface area contributed by atoms with E-state index < -0.39 is 0 Å². The molecule has 1 aromatic rings. The lowest BCUT2D eigenvalue weighted by Gasteiger charge is -2.24. The van der Waals surface area contributed by atoms with Crippen LogP contribution in [0.4, 0.5) is 5.69 Å². The summed E-state index contributed by atoms with van der Waals surface area (Å²) in [5.74, 6) is 1.19. The Morgan fingerprint density at radius 1 is 1.56 bits per heavy atom. The fraction of sp³-hybridized carbons (Fsp3) is 0.500. The molecule has 0 spiro atoms. The highest BCUT2D eigenvalue weighted by Crippen LogP contribution is 2.29. The van der Waals surface area contributed by atoms with E-state index in [4.69, 9.17) is 15.7 Å². The predicted molar refractivity (Wildman–Crippen MR) is 60.8 cm³/mol. The van der Waals surface area contributed by atoms with Crippen LogP contribution in [0.1, 0.15) is 31.2 Å². The van der Waals surface area contributed by atoms with Gasteiger partial charge in [0.15, 0.2) is 0 Å². The Hall–Kier alpha value is -1.76. The van der Waals surface area contributed by atoms with Gasteiger partial charge in [0.2, 0.25) is 5.88 Å². The molecule has 0 radical (unpaired) electrons. The normalized spacial score (nSPS) is 15.2. The van der Waals surface area contributed by atoms with Crippen LogP contribution in [0, 0.1) is 17.2 Å². The highest BCUT2D eigenvalue weighted by Gasteiger charge is 2.17. The third-order valence-corrected chi connectivity index (χ3v) is 3.06. The minimum absolute atomic E-state index is 0.346. The summed E-state index contributed by atoms with van der Waals surface area (Å²) in [6, 6.07) is 3.60. The Bertz CT molecular complexity index is 407. The van der Waals surface area contributed by atoms with E-state index in [9.17, 15) is 0 Å². The fourth-order valence-corrected chi connectivity index (χ4v) is 1.77. The third kappa shape index (κ3) is 2.25. The Morgan fingerprint density at radius 3 is 3.00 bits per heavy atom. The van der Waals surface area contributed by atoms with Crippen molar-refractivity contribution >= 4 is 5.69 Å². The largest absolute Gasteiger partial charge is 0.476 e. The number of ether oxygens (including phenoxy) is 1. The number of aromatic nitrogens is 1. The summed E-state index contributed by atoms with van der Waals surface area (Å²) in [6.07, 6.45) is 6.56. The number of rotatable bonds is 4. The standard InChI is InChI=1S/C12H15N3O/c13-8-10-4-6-15-12(11(10)14)16-7-5-9-2-1-3-9/h4,6,9H,1-3,5,7,14H2. The molecule has 1 aromatic heterocycles. The molecule has 2 rings (SSSR count). The van der Waals surface area contributed by atoms with Crippen LogP contribution in [0.15, 0.2) is 12.3 Å². The first kappa shape index (κ1) is 10.7. The van der Waals surface area contributed by atoms with Gasteiger partial charge in [-0.3, -0.25) is 0 Å². The van der Waals surface area contributed by atoms with Gasteiger partial charge in [0, 0.05) is 6.20 Å². The Labute approximate surface area is 95.0 Å². The summed E-state index contributed by atoms with van der Waals surface area (Å²) < 4.78 is 5.50. The smallest absolute Gasteiger partial charge is 0.238 e. The molecule has 1 heterocycles. The van der Waals surface area contributed by atoms with Crippen LogP contribution >= 0.6 is 0 Å². The van der Waals surface area contributed by atoms with Crippen molar-refractivity contribution in [2.75, 3.05) is 12.3 Å². The number of nitrogens with zero attached hydrogens (tertiary/aromatic N) is 2. The van der Waals surface area contributed by atoms with E-state index in [1.54, 1.807) is 12.3 Å². The average molecular weight is 217 g/mol. The van der Waals surface area contributed by atoms with Gasteiger partial charge in [-0.2, -0.15) is 5.26 Å². The topological polar surface area (TPSA) is 71.9 Å². The van der Waals surface area contributed by atoms with Gasteiger partial charge in [-0.15, -0.1) is 0 Å². The van der Waals surface area contributed by atoms with Crippen LogP contribution in [0.3, 0.4) is 0 Å². The first-order chi connectivity index (χ1) is 7.81. The minimum Gasteiger partial charge on any atom is -0.476 e. The first-order valence-corrected chi connectivity index (χ1v) is 5.58. The van der Waals surface area contributed by atoms with Crippen LogP contribution in [-0.2, 0) is 0 Å². The molecular weight excluding hydrogens is 202 g/mol. The molecule has 0 saturated heterocycles. The molecule has 1 aliphatic rings. The van der Waals surface area contributed by atoms with Gasteiger partial charge in [0.05, 0.1) is 12.2 Å². The lowest BCUT2D eigenvalue weighted by Crippen LogP contribution is -2.15. The molecule has 4 heteroatoms. The molecule has 0 amide bonds. The predicted octanol–water partition coefficient (Wildman–Crippen LogP) is 2.10. The van der Waals surface area contributed by atoms with E-state index in [0.717, 1.165) is 12.3 Å². The quantitative estimate of drug-likeness (QED) is 0.838. The molecule has 0 aliphatic heterocycles. The SMILES string of the molecule is N#Cc1ccnc(OCCC2CCC2)c1N. The van der Waals surface area contributed by atoms with Crippen molar-refractivity contribution < 1.29 is 4.74 Å². The summed E-state index contributed by atoms with van der Waals surface area (Å²) in [4.78, 5) is 4.03. The summed E-state index contributed by atoms with van der Waals surface area (Å²) >= 11 is 0. The van der Waals surface area contributed by atoms with Gasteiger partial charge in [-0.1, -0.05) is 19.3 Å². The molecule has 84 valence electrons. The van der Waals surface area contributed by atoms with E-state index in [-0.39, 0.29) is 0 Å². The molecule has 0 aromatic carbocycles. The van der Waals surface area contributed by atoms with Crippen LogP contribution in [0.25, 0.3) is 0 Å². The number of nitrogens with two attached hydrogens (primary N) is 1. The fourth-order valence-electron chi connectivity index (χ4n) is 1.77. The summed E-state index contributed by atoms with van der Waals surface area (Å²) in [6.45, 7) is 0.636. The van der Waals surface area contributed by atoms with Gasteiger partial charge >= 0.3 is 0 Å². The lowest BCUT2D eigenvalue weighted by molar-refractivity contribution is 0.218. The van der Waals surface area contributed by atoms with Gasteiger partial charge in [0.1, 0.15) is 11.8 Å². The van der Waals surface area contributed by atoms with Crippen molar-refractivity contribution in [1.82, 2.24) is 4.98 Å². The van der Waals surface area contributed by atoms with Crippen LogP contribution in [-0.4, -0.2) is 11.6 Å². The molecular formula is C12H15N3O. The monoisotopic (exact) mass is 217 g/mol. The van der Waals surface area contributed by atoms with E-state index >= 15 is 0 Å². The summed E-state index contributed by atoms with van der Waals surface area (Å²) in [5, 5.41) is 8.79. The van der Waals surface area contributed by atoms with Crippen molar-refractivity contribution in [3.63, 3.8) is 0 Å². The maximum Gasteiger partial charge on any atom is 0.238 e. The number of hydrogen-bond acceptors (Lipinski definition) is 4. The third-order valence-electron chi connectivity index (χ3n) is 3.06. The molecule has 2 N–H and O–H groups in total. The van der Waals surface area contributed by atoms with Crippen molar-refractivity contribution in [2.24, 2.45) is 5.92 Å². The zero-order chi connectivity index (χ0) is 11.4. The van der Waals surface area contributed by atoms with E-state index in [1.165, 1.54) is 19.3 Å². The molecule has 4 nitrogen and oxygen atoms in total. The summed E-state index contributed by atoms with van der Waals surface area (Å²) in [7, 11) is 0. The second kappa shape index (κ2) is 4.84. The zero-order valence-corrected chi connectivity index (χ0v) is 9.15. The zero-order valence-electron chi connectivity index (χ0n) is 9.15. The van der Waals surface area contributed by atoms with Gasteiger partial charge in [-0.25, -0.2) is 4.98 Å². The number of nitrogen functional groups attached to an aromatic ring is 1. The van der Waals surface area contributed by atoms with Crippen LogP contribution in [0.5, 0.6) is 5.88 Å². The first-order valence-electron chi connectivity index (χ1n) is 5.58. The molecule has 1 saturated carbocycles. The van der Waals surface area contributed by atoms with Crippen LogP contribution < -0.4 is 10.5 Å². The maximum atomic E-state index is 8.79. The Kier molecular flexibility index (Phi) is 3.25.